The fourth-order valence-electron chi connectivity index (χ4n) is 2.46. The second-order valence-corrected chi connectivity index (χ2v) is 6.26. The Bertz CT molecular complexity index is 814. The third kappa shape index (κ3) is 4.00. The van der Waals surface area contributed by atoms with E-state index in [0.717, 1.165) is 6.20 Å². The lowest BCUT2D eigenvalue weighted by Gasteiger charge is -2.17. The van der Waals surface area contributed by atoms with Crippen molar-refractivity contribution >= 4 is 35.1 Å². The summed E-state index contributed by atoms with van der Waals surface area (Å²) in [6.45, 7) is 0.897. The molecule has 1 aromatic carbocycles. The van der Waals surface area contributed by atoms with E-state index in [1.54, 1.807) is 23.1 Å². The number of hydrogen-bond donors (Lipinski definition) is 1. The number of benzene rings is 1. The van der Waals surface area contributed by atoms with Gasteiger partial charge < -0.3 is 14.7 Å². The van der Waals surface area contributed by atoms with Gasteiger partial charge in [0, 0.05) is 19.0 Å². The number of aromatic nitrogens is 2. The maximum absolute atomic E-state index is 12.4. The minimum atomic E-state index is -1.19. The van der Waals surface area contributed by atoms with Gasteiger partial charge in [0.15, 0.2) is 5.69 Å². The molecular weight excluding hydrogens is 369 g/mol. The quantitative estimate of drug-likeness (QED) is 0.874. The van der Waals surface area contributed by atoms with Crippen LogP contribution in [0.2, 0.25) is 10.0 Å². The number of likely N-dealkylation sites (tertiary alicyclic amines) is 1. The molecule has 2 aromatic rings. The number of amides is 1. The molecule has 1 fully saturated rings. The molecule has 0 bridgehead atoms. The second-order valence-electron chi connectivity index (χ2n) is 5.45. The van der Waals surface area contributed by atoms with E-state index in [2.05, 4.69) is 9.97 Å². The van der Waals surface area contributed by atoms with Crippen LogP contribution in [-0.4, -0.2) is 51.0 Å². The van der Waals surface area contributed by atoms with Gasteiger partial charge in [-0.3, -0.25) is 4.79 Å². The summed E-state index contributed by atoms with van der Waals surface area (Å²) in [6, 6.07) is 5.00. The first kappa shape index (κ1) is 17.4. The van der Waals surface area contributed by atoms with Gasteiger partial charge in [0.2, 0.25) is 0 Å². The van der Waals surface area contributed by atoms with E-state index in [0.29, 0.717) is 35.3 Å². The highest BCUT2D eigenvalue weighted by atomic mass is 35.5. The molecule has 1 aromatic heterocycles. The number of rotatable bonds is 4. The molecule has 0 radical (unpaired) electrons. The average Bonchev–Trinajstić information content (AvgIpc) is 3.06. The Kier molecular flexibility index (Phi) is 5.06. The zero-order valence-electron chi connectivity index (χ0n) is 12.9. The lowest BCUT2D eigenvalue weighted by Crippen LogP contribution is -2.31. The Morgan fingerprint density at radius 3 is 2.52 bits per heavy atom. The maximum Gasteiger partial charge on any atom is 0.356 e. The molecule has 1 amide bonds. The van der Waals surface area contributed by atoms with Crippen LogP contribution in [0, 0.1) is 0 Å². The van der Waals surface area contributed by atoms with Crippen molar-refractivity contribution in [3.8, 4) is 5.75 Å². The van der Waals surface area contributed by atoms with Gasteiger partial charge in [0.05, 0.1) is 29.0 Å². The number of halogens is 2. The van der Waals surface area contributed by atoms with Crippen LogP contribution in [0.4, 0.5) is 0 Å². The van der Waals surface area contributed by atoms with Crippen molar-refractivity contribution in [2.24, 2.45) is 0 Å². The number of aromatic carboxylic acids is 1. The molecule has 1 unspecified atom stereocenters. The van der Waals surface area contributed by atoms with Crippen LogP contribution in [0.25, 0.3) is 0 Å². The van der Waals surface area contributed by atoms with Crippen LogP contribution in [0.1, 0.15) is 27.4 Å². The number of carbonyl (C=O) groups is 2. The summed E-state index contributed by atoms with van der Waals surface area (Å²) in [4.78, 5) is 32.3. The molecule has 1 aliphatic rings. The zero-order chi connectivity index (χ0) is 18.0. The fraction of sp³-hybridized carbons (Fsp3) is 0.250. The minimum Gasteiger partial charge on any atom is -0.488 e. The normalized spacial score (nSPS) is 16.7. The van der Waals surface area contributed by atoms with Gasteiger partial charge in [-0.1, -0.05) is 23.2 Å². The predicted octanol–water partition coefficient (Wildman–Crippen LogP) is 2.78. The van der Waals surface area contributed by atoms with Crippen molar-refractivity contribution in [1.29, 1.82) is 0 Å². The van der Waals surface area contributed by atoms with Gasteiger partial charge in [-0.15, -0.1) is 0 Å². The summed E-state index contributed by atoms with van der Waals surface area (Å²) >= 11 is 11.8. The number of ether oxygens (including phenoxy) is 1. The maximum atomic E-state index is 12.4. The number of carboxylic acid groups (broad SMARTS) is 1. The molecule has 1 N–H and O–H groups in total. The van der Waals surface area contributed by atoms with Crippen LogP contribution in [-0.2, 0) is 0 Å². The summed E-state index contributed by atoms with van der Waals surface area (Å²) in [7, 11) is 0. The molecule has 9 heteroatoms. The minimum absolute atomic E-state index is 0.0974. The molecule has 130 valence electrons. The van der Waals surface area contributed by atoms with E-state index < -0.39 is 5.97 Å². The fourth-order valence-corrected chi connectivity index (χ4v) is 2.75. The van der Waals surface area contributed by atoms with E-state index in [1.165, 1.54) is 6.20 Å². The predicted molar refractivity (Wildman–Crippen MR) is 90.4 cm³/mol. The van der Waals surface area contributed by atoms with Gasteiger partial charge in [-0.25, -0.2) is 14.8 Å². The third-order valence-corrected chi connectivity index (χ3v) is 4.46. The highest BCUT2D eigenvalue weighted by Gasteiger charge is 2.29. The van der Waals surface area contributed by atoms with E-state index in [-0.39, 0.29) is 23.4 Å². The molecule has 0 saturated carbocycles. The van der Waals surface area contributed by atoms with Gasteiger partial charge in [-0.2, -0.15) is 0 Å². The van der Waals surface area contributed by atoms with Crippen molar-refractivity contribution in [3.05, 3.63) is 52.0 Å². The molecular formula is C16H13Cl2N3O4. The van der Waals surface area contributed by atoms with Crippen molar-refractivity contribution in [3.63, 3.8) is 0 Å². The van der Waals surface area contributed by atoms with Crippen molar-refractivity contribution in [2.75, 3.05) is 13.1 Å². The second kappa shape index (κ2) is 7.25. The molecule has 1 atom stereocenters. The Morgan fingerprint density at radius 2 is 1.88 bits per heavy atom. The van der Waals surface area contributed by atoms with Gasteiger partial charge >= 0.3 is 5.97 Å². The molecule has 25 heavy (non-hydrogen) atoms. The highest BCUT2D eigenvalue weighted by molar-refractivity contribution is 6.42. The van der Waals surface area contributed by atoms with Crippen LogP contribution >= 0.6 is 23.2 Å². The van der Waals surface area contributed by atoms with E-state index >= 15 is 0 Å². The topological polar surface area (TPSA) is 92.6 Å². The molecule has 0 spiro atoms. The zero-order valence-corrected chi connectivity index (χ0v) is 14.4. The first-order valence-electron chi connectivity index (χ1n) is 7.40. The summed E-state index contributed by atoms with van der Waals surface area (Å²) < 4.78 is 5.83. The van der Waals surface area contributed by atoms with E-state index in [9.17, 15) is 9.59 Å². The summed E-state index contributed by atoms with van der Waals surface area (Å²) in [5, 5.41) is 9.65. The Labute approximate surface area is 153 Å². The molecule has 7 nitrogen and oxygen atoms in total. The number of hydrogen-bond acceptors (Lipinski definition) is 5. The highest BCUT2D eigenvalue weighted by Crippen LogP contribution is 2.28. The van der Waals surface area contributed by atoms with Gasteiger partial charge in [0.25, 0.3) is 5.91 Å². The Hall–Kier alpha value is -2.38. The van der Waals surface area contributed by atoms with Crippen LogP contribution in [0.5, 0.6) is 5.75 Å². The summed E-state index contributed by atoms with van der Waals surface area (Å²) in [5.74, 6) is -0.924. The van der Waals surface area contributed by atoms with Gasteiger partial charge in [-0.05, 0) is 12.1 Å². The largest absolute Gasteiger partial charge is 0.488 e. The number of carbonyl (C=O) groups excluding carboxylic acids is 1. The molecule has 1 aliphatic heterocycles. The molecule has 0 aliphatic carbocycles. The number of nitrogens with zero attached hydrogens (tertiary/aromatic N) is 3. The van der Waals surface area contributed by atoms with Crippen molar-refractivity contribution in [1.82, 2.24) is 14.9 Å². The third-order valence-electron chi connectivity index (χ3n) is 3.72. The molecule has 3 rings (SSSR count). The summed E-state index contributed by atoms with van der Waals surface area (Å²) in [5.41, 5.74) is -0.112. The van der Waals surface area contributed by atoms with Crippen molar-refractivity contribution < 1.29 is 19.4 Å². The first-order chi connectivity index (χ1) is 11.9. The van der Waals surface area contributed by atoms with Gasteiger partial charge in [0.1, 0.15) is 17.5 Å². The lowest BCUT2D eigenvalue weighted by molar-refractivity contribution is 0.0686. The smallest absolute Gasteiger partial charge is 0.356 e. The lowest BCUT2D eigenvalue weighted by atomic mass is 10.3. The van der Waals surface area contributed by atoms with Crippen LogP contribution < -0.4 is 4.74 Å². The average molecular weight is 382 g/mol. The Morgan fingerprint density at radius 1 is 1.16 bits per heavy atom. The van der Waals surface area contributed by atoms with Crippen LogP contribution in [0.15, 0.2) is 30.6 Å². The Balaban J connectivity index is 1.62. The monoisotopic (exact) mass is 381 g/mol. The number of carboxylic acids is 1. The van der Waals surface area contributed by atoms with Crippen LogP contribution in [0.3, 0.4) is 0 Å². The summed E-state index contributed by atoms with van der Waals surface area (Å²) in [6.07, 6.45) is 2.72. The van der Waals surface area contributed by atoms with Crippen molar-refractivity contribution in [2.45, 2.75) is 12.5 Å². The first-order valence-corrected chi connectivity index (χ1v) is 8.16. The van der Waals surface area contributed by atoms with E-state index in [1.807, 2.05) is 0 Å². The van der Waals surface area contributed by atoms with E-state index in [4.69, 9.17) is 33.0 Å². The molecule has 2 heterocycles. The SMILES string of the molecule is O=C(O)c1cnc(C(=O)N2CCC(Oc3ccc(Cl)c(Cl)c3)C2)cn1. The standard InChI is InChI=1S/C16H13Cl2N3O4/c17-11-2-1-9(5-12(11)18)25-10-3-4-21(8-10)15(22)13-6-20-14(7-19-13)16(23)24/h1-2,5-7,10H,3-4,8H2,(H,23,24). The molecule has 1 saturated heterocycles.